The lowest BCUT2D eigenvalue weighted by molar-refractivity contribution is -0.125. The van der Waals surface area contributed by atoms with Crippen molar-refractivity contribution in [2.75, 3.05) is 13.1 Å². The van der Waals surface area contributed by atoms with Crippen LogP contribution in [0.2, 0.25) is 0 Å². The molecule has 2 aromatic rings. The number of benzene rings is 1. The van der Waals surface area contributed by atoms with E-state index in [1.807, 2.05) is 10.7 Å². The number of carbonyl (C=O) groups is 1. The van der Waals surface area contributed by atoms with E-state index in [1.165, 1.54) is 18.9 Å². The molecule has 3 heterocycles. The Morgan fingerprint density at radius 2 is 1.94 bits per heavy atom. The van der Waals surface area contributed by atoms with Crippen LogP contribution in [0.15, 0.2) is 24.3 Å². The first kappa shape index (κ1) is 20.6. The van der Waals surface area contributed by atoms with Gasteiger partial charge in [0.05, 0.1) is 18.8 Å². The van der Waals surface area contributed by atoms with Crippen molar-refractivity contribution >= 4 is 5.91 Å². The molecule has 166 valence electrons. The van der Waals surface area contributed by atoms with Crippen molar-refractivity contribution in [1.29, 1.82) is 0 Å². The average molecular weight is 428 g/mol. The van der Waals surface area contributed by atoms with Crippen molar-refractivity contribution < 1.29 is 13.9 Å². The third-order valence-electron chi connectivity index (χ3n) is 6.96. The number of likely N-dealkylation sites (tertiary alicyclic amines) is 1. The van der Waals surface area contributed by atoms with E-state index in [9.17, 15) is 9.18 Å². The van der Waals surface area contributed by atoms with E-state index in [4.69, 9.17) is 4.74 Å². The molecule has 31 heavy (non-hydrogen) atoms. The SMILES string of the molecule is O=C(NC1CCN(Cc2nnn3c2COC(c2ccccc2F)C3)CC1)C1CCCC1. The van der Waals surface area contributed by atoms with E-state index in [0.29, 0.717) is 18.7 Å². The number of halogens is 1. The Kier molecular flexibility index (Phi) is 6.00. The minimum absolute atomic E-state index is 0.231. The summed E-state index contributed by atoms with van der Waals surface area (Å²) in [5.41, 5.74) is 2.47. The Bertz CT molecular complexity index is 918. The first-order valence-electron chi connectivity index (χ1n) is 11.5. The van der Waals surface area contributed by atoms with Crippen LogP contribution in [0.5, 0.6) is 0 Å². The first-order chi connectivity index (χ1) is 15.2. The molecular weight excluding hydrogens is 397 g/mol. The Labute approximate surface area is 181 Å². The third kappa shape index (κ3) is 4.50. The molecule has 0 spiro atoms. The molecule has 8 heteroatoms. The Balaban J connectivity index is 1.14. The number of fused-ring (bicyclic) bond motifs is 1. The van der Waals surface area contributed by atoms with Crippen LogP contribution in [0.1, 0.15) is 61.6 Å². The molecule has 1 saturated heterocycles. The number of rotatable bonds is 5. The maximum atomic E-state index is 14.1. The van der Waals surface area contributed by atoms with Crippen LogP contribution in [-0.2, 0) is 29.2 Å². The molecule has 0 bridgehead atoms. The van der Waals surface area contributed by atoms with Crippen LogP contribution in [0, 0.1) is 11.7 Å². The standard InChI is InChI=1S/C23H30FN5O2/c24-19-8-4-3-7-18(19)22-14-29-21(15-31-22)20(26-27-29)13-28-11-9-17(10-12-28)25-23(30)16-5-1-2-6-16/h3-4,7-8,16-17,22H,1-2,5-6,9-15H2,(H,25,30). The number of ether oxygens (including phenoxy) is 1. The number of piperidine rings is 1. The summed E-state index contributed by atoms with van der Waals surface area (Å²) in [5, 5.41) is 12.0. The van der Waals surface area contributed by atoms with Crippen molar-refractivity contribution in [3.05, 3.63) is 47.0 Å². The van der Waals surface area contributed by atoms with Crippen molar-refractivity contribution in [3.63, 3.8) is 0 Å². The fraction of sp³-hybridized carbons (Fsp3) is 0.609. The third-order valence-corrected chi connectivity index (χ3v) is 6.96. The highest BCUT2D eigenvalue weighted by atomic mass is 19.1. The molecule has 2 fully saturated rings. The number of nitrogens with zero attached hydrogens (tertiary/aromatic N) is 4. The summed E-state index contributed by atoms with van der Waals surface area (Å²) in [6, 6.07) is 7.01. The van der Waals surface area contributed by atoms with Gasteiger partial charge in [0.15, 0.2) is 0 Å². The second kappa shape index (κ2) is 9.04. The van der Waals surface area contributed by atoms with Gasteiger partial charge in [0.2, 0.25) is 5.91 Å². The van der Waals surface area contributed by atoms with Crippen LogP contribution < -0.4 is 5.32 Å². The largest absolute Gasteiger partial charge is 0.365 e. The maximum Gasteiger partial charge on any atom is 0.223 e. The highest BCUT2D eigenvalue weighted by molar-refractivity contribution is 5.79. The van der Waals surface area contributed by atoms with Gasteiger partial charge >= 0.3 is 0 Å². The number of amides is 1. The molecule has 0 radical (unpaired) electrons. The molecular formula is C23H30FN5O2. The quantitative estimate of drug-likeness (QED) is 0.794. The van der Waals surface area contributed by atoms with Gasteiger partial charge < -0.3 is 10.1 Å². The average Bonchev–Trinajstić information content (AvgIpc) is 3.46. The van der Waals surface area contributed by atoms with E-state index >= 15 is 0 Å². The second-order valence-electron chi connectivity index (χ2n) is 9.03. The van der Waals surface area contributed by atoms with Crippen molar-refractivity contribution in [3.8, 4) is 0 Å². The molecule has 1 aromatic heterocycles. The molecule has 1 aromatic carbocycles. The van der Waals surface area contributed by atoms with Gasteiger partial charge in [-0.15, -0.1) is 5.10 Å². The van der Waals surface area contributed by atoms with Gasteiger partial charge in [-0.05, 0) is 31.7 Å². The summed E-state index contributed by atoms with van der Waals surface area (Å²) < 4.78 is 21.9. The lowest BCUT2D eigenvalue weighted by atomic mass is 10.0. The van der Waals surface area contributed by atoms with Gasteiger partial charge in [-0.1, -0.05) is 36.3 Å². The topological polar surface area (TPSA) is 72.3 Å². The van der Waals surface area contributed by atoms with Gasteiger partial charge in [0.25, 0.3) is 0 Å². The van der Waals surface area contributed by atoms with E-state index in [1.54, 1.807) is 12.1 Å². The minimum atomic E-state index is -0.345. The van der Waals surface area contributed by atoms with E-state index in [2.05, 4.69) is 20.5 Å². The zero-order chi connectivity index (χ0) is 21.2. The number of aromatic nitrogens is 3. The van der Waals surface area contributed by atoms with Gasteiger partial charge in [0.1, 0.15) is 17.6 Å². The van der Waals surface area contributed by atoms with Crippen LogP contribution >= 0.6 is 0 Å². The highest BCUT2D eigenvalue weighted by Gasteiger charge is 2.29. The van der Waals surface area contributed by atoms with Gasteiger partial charge in [-0.3, -0.25) is 9.69 Å². The summed E-state index contributed by atoms with van der Waals surface area (Å²) in [5.74, 6) is 0.235. The van der Waals surface area contributed by atoms with Crippen molar-refractivity contribution in [2.24, 2.45) is 5.92 Å². The highest BCUT2D eigenvalue weighted by Crippen LogP contribution is 2.29. The zero-order valence-electron chi connectivity index (χ0n) is 17.8. The normalized spacial score (nSPS) is 23.1. The molecule has 1 saturated carbocycles. The molecule has 1 amide bonds. The molecule has 3 aliphatic rings. The predicted octanol–water partition coefficient (Wildman–Crippen LogP) is 2.96. The number of hydrogen-bond acceptors (Lipinski definition) is 5. The molecule has 2 aliphatic heterocycles. The maximum absolute atomic E-state index is 14.1. The monoisotopic (exact) mass is 427 g/mol. The Morgan fingerprint density at radius 3 is 2.71 bits per heavy atom. The number of hydrogen-bond donors (Lipinski definition) is 1. The predicted molar refractivity (Wildman–Crippen MR) is 112 cm³/mol. The zero-order valence-corrected chi connectivity index (χ0v) is 17.8. The van der Waals surface area contributed by atoms with Gasteiger partial charge in [-0.2, -0.15) is 0 Å². The van der Waals surface area contributed by atoms with E-state index < -0.39 is 0 Å². The molecule has 5 rings (SSSR count). The summed E-state index contributed by atoms with van der Waals surface area (Å²) in [4.78, 5) is 14.7. The van der Waals surface area contributed by atoms with Crippen LogP contribution in [0.25, 0.3) is 0 Å². The summed E-state index contributed by atoms with van der Waals surface area (Å²) in [6.45, 7) is 3.45. The lowest BCUT2D eigenvalue weighted by Gasteiger charge is -2.32. The van der Waals surface area contributed by atoms with E-state index in [0.717, 1.165) is 56.7 Å². The minimum Gasteiger partial charge on any atom is -0.365 e. The molecule has 1 N–H and O–H groups in total. The summed E-state index contributed by atoms with van der Waals surface area (Å²) in [7, 11) is 0. The Hall–Kier alpha value is -2.32. The lowest BCUT2D eigenvalue weighted by Crippen LogP contribution is -2.45. The Morgan fingerprint density at radius 1 is 1.16 bits per heavy atom. The fourth-order valence-electron chi connectivity index (χ4n) is 5.06. The van der Waals surface area contributed by atoms with Crippen LogP contribution in [0.4, 0.5) is 4.39 Å². The first-order valence-corrected chi connectivity index (χ1v) is 11.5. The summed E-state index contributed by atoms with van der Waals surface area (Å²) in [6.07, 6.45) is 6.05. The van der Waals surface area contributed by atoms with Crippen molar-refractivity contribution in [1.82, 2.24) is 25.2 Å². The molecule has 7 nitrogen and oxygen atoms in total. The van der Waals surface area contributed by atoms with Crippen LogP contribution in [0.3, 0.4) is 0 Å². The van der Waals surface area contributed by atoms with Gasteiger partial charge in [-0.25, -0.2) is 9.07 Å². The van der Waals surface area contributed by atoms with Gasteiger partial charge in [0, 0.05) is 37.2 Å². The number of nitrogens with one attached hydrogen (secondary N) is 1. The smallest absolute Gasteiger partial charge is 0.223 e. The summed E-state index contributed by atoms with van der Waals surface area (Å²) >= 11 is 0. The molecule has 1 atom stereocenters. The van der Waals surface area contributed by atoms with Crippen LogP contribution in [-0.4, -0.2) is 44.9 Å². The van der Waals surface area contributed by atoms with Crippen molar-refractivity contribution in [2.45, 2.75) is 70.4 Å². The molecule has 1 aliphatic carbocycles. The van der Waals surface area contributed by atoms with E-state index in [-0.39, 0.29) is 29.8 Å². The molecule has 1 unspecified atom stereocenters. The second-order valence-corrected chi connectivity index (χ2v) is 9.03. The fourth-order valence-corrected chi connectivity index (χ4v) is 5.06. The number of carbonyl (C=O) groups excluding carboxylic acids is 1.